The average molecular weight is 548 g/mol. The molecule has 1 aliphatic heterocycles. The Hall–Kier alpha value is -5.50. The van der Waals surface area contributed by atoms with Gasteiger partial charge in [-0.25, -0.2) is 4.79 Å². The number of benzene rings is 4. The summed E-state index contributed by atoms with van der Waals surface area (Å²) < 4.78 is 0. The molecule has 4 aromatic rings. The van der Waals surface area contributed by atoms with Crippen LogP contribution < -0.4 is 0 Å². The Bertz CT molecular complexity index is 1580. The second kappa shape index (κ2) is 13.0. The van der Waals surface area contributed by atoms with Crippen LogP contribution in [-0.2, 0) is 14.4 Å². The molecular formula is C33H25NO7. The number of Topliss-reactive ketones (excluding diaryl/α,β-unsaturated/α-hetero) is 1. The second-order valence-corrected chi connectivity index (χ2v) is 9.06. The SMILES string of the molecule is CC(=O)c1ccc(C(=O)c2ccccc2)cc1.O=C(ON1C(=O)CCC1=O)c1ccc(C(=O)c2ccccc2)cc1. The normalized spacial score (nSPS) is 12.3. The number of ketones is 3. The van der Waals surface area contributed by atoms with Gasteiger partial charge in [0.15, 0.2) is 17.3 Å². The van der Waals surface area contributed by atoms with E-state index in [1.165, 1.54) is 31.2 Å². The molecule has 0 aromatic heterocycles. The van der Waals surface area contributed by atoms with Crippen molar-refractivity contribution in [1.29, 1.82) is 0 Å². The van der Waals surface area contributed by atoms with Crippen molar-refractivity contribution in [1.82, 2.24) is 5.06 Å². The summed E-state index contributed by atoms with van der Waals surface area (Å²) in [5, 5.41) is 0.491. The molecule has 1 saturated heterocycles. The number of hydroxylamine groups is 2. The van der Waals surface area contributed by atoms with Gasteiger partial charge in [-0.2, -0.15) is 0 Å². The predicted molar refractivity (Wildman–Crippen MR) is 149 cm³/mol. The van der Waals surface area contributed by atoms with Crippen LogP contribution in [-0.4, -0.2) is 40.2 Å². The molecule has 0 unspecified atom stereocenters. The van der Waals surface area contributed by atoms with E-state index in [9.17, 15) is 28.8 Å². The van der Waals surface area contributed by atoms with Gasteiger partial charge in [0, 0.05) is 40.7 Å². The summed E-state index contributed by atoms with van der Waals surface area (Å²) in [4.78, 5) is 75.1. The summed E-state index contributed by atoms with van der Waals surface area (Å²) in [6.07, 6.45) is 0.0766. The Morgan fingerprint density at radius 3 is 1.24 bits per heavy atom. The van der Waals surface area contributed by atoms with E-state index in [-0.39, 0.29) is 35.8 Å². The van der Waals surface area contributed by atoms with E-state index >= 15 is 0 Å². The van der Waals surface area contributed by atoms with Gasteiger partial charge in [-0.05, 0) is 19.1 Å². The van der Waals surface area contributed by atoms with E-state index in [1.54, 1.807) is 60.7 Å². The van der Waals surface area contributed by atoms with Crippen LogP contribution in [0.2, 0.25) is 0 Å². The van der Waals surface area contributed by atoms with Gasteiger partial charge >= 0.3 is 5.97 Å². The first-order valence-corrected chi connectivity index (χ1v) is 12.7. The molecule has 8 nitrogen and oxygen atoms in total. The third-order valence-electron chi connectivity index (χ3n) is 6.19. The monoisotopic (exact) mass is 547 g/mol. The average Bonchev–Trinajstić information content (AvgIpc) is 3.33. The fourth-order valence-electron chi connectivity index (χ4n) is 3.92. The van der Waals surface area contributed by atoms with Gasteiger partial charge in [0.1, 0.15) is 0 Å². The molecule has 0 aliphatic carbocycles. The maximum Gasteiger partial charge on any atom is 0.363 e. The topological polar surface area (TPSA) is 115 Å². The van der Waals surface area contributed by atoms with Crippen molar-refractivity contribution >= 4 is 35.1 Å². The van der Waals surface area contributed by atoms with Crippen molar-refractivity contribution < 1.29 is 33.6 Å². The Kier molecular flexibility index (Phi) is 9.06. The van der Waals surface area contributed by atoms with Crippen LogP contribution in [0.4, 0.5) is 0 Å². The highest BCUT2D eigenvalue weighted by Gasteiger charge is 2.33. The van der Waals surface area contributed by atoms with E-state index in [0.717, 1.165) is 0 Å². The zero-order chi connectivity index (χ0) is 29.4. The first-order valence-electron chi connectivity index (χ1n) is 12.7. The van der Waals surface area contributed by atoms with E-state index in [2.05, 4.69) is 0 Å². The van der Waals surface area contributed by atoms with Gasteiger partial charge in [0.2, 0.25) is 0 Å². The van der Waals surface area contributed by atoms with Crippen LogP contribution in [0.1, 0.15) is 72.3 Å². The lowest BCUT2D eigenvalue weighted by Gasteiger charge is -2.12. The molecule has 1 heterocycles. The molecule has 204 valence electrons. The smallest absolute Gasteiger partial charge is 0.325 e. The van der Waals surface area contributed by atoms with Crippen LogP contribution in [0, 0.1) is 0 Å². The molecule has 0 spiro atoms. The minimum absolute atomic E-state index is 0.00344. The van der Waals surface area contributed by atoms with Crippen LogP contribution in [0.3, 0.4) is 0 Å². The third-order valence-corrected chi connectivity index (χ3v) is 6.19. The summed E-state index contributed by atoms with van der Waals surface area (Å²) in [5.41, 5.74) is 2.98. The van der Waals surface area contributed by atoms with Gasteiger partial charge < -0.3 is 4.84 Å². The van der Waals surface area contributed by atoms with Crippen molar-refractivity contribution in [3.8, 4) is 0 Å². The largest absolute Gasteiger partial charge is 0.363 e. The number of hydrogen-bond acceptors (Lipinski definition) is 7. The zero-order valence-electron chi connectivity index (χ0n) is 22.1. The lowest BCUT2D eigenvalue weighted by molar-refractivity contribution is -0.172. The molecule has 1 fully saturated rings. The minimum atomic E-state index is -0.822. The fourth-order valence-corrected chi connectivity index (χ4v) is 3.92. The van der Waals surface area contributed by atoms with Crippen molar-refractivity contribution in [2.45, 2.75) is 19.8 Å². The minimum Gasteiger partial charge on any atom is -0.325 e. The molecule has 0 saturated carbocycles. The molecule has 0 N–H and O–H groups in total. The predicted octanol–water partition coefficient (Wildman–Crippen LogP) is 5.26. The van der Waals surface area contributed by atoms with Crippen LogP contribution in [0.25, 0.3) is 0 Å². The lowest BCUT2D eigenvalue weighted by atomic mass is 10.0. The first-order chi connectivity index (χ1) is 19.7. The Labute approximate surface area is 236 Å². The summed E-state index contributed by atoms with van der Waals surface area (Å²) >= 11 is 0. The van der Waals surface area contributed by atoms with Crippen molar-refractivity contribution in [2.24, 2.45) is 0 Å². The van der Waals surface area contributed by atoms with Crippen molar-refractivity contribution in [3.63, 3.8) is 0 Å². The maximum atomic E-state index is 12.3. The molecule has 41 heavy (non-hydrogen) atoms. The van der Waals surface area contributed by atoms with Gasteiger partial charge in [0.05, 0.1) is 5.56 Å². The number of hydrogen-bond donors (Lipinski definition) is 0. The lowest BCUT2D eigenvalue weighted by Crippen LogP contribution is -2.32. The van der Waals surface area contributed by atoms with Crippen molar-refractivity contribution in [2.75, 3.05) is 0 Å². The van der Waals surface area contributed by atoms with Crippen LogP contribution >= 0.6 is 0 Å². The van der Waals surface area contributed by atoms with Crippen LogP contribution in [0.15, 0.2) is 109 Å². The summed E-state index contributed by atoms with van der Waals surface area (Å²) in [7, 11) is 0. The summed E-state index contributed by atoms with van der Waals surface area (Å²) in [6.45, 7) is 1.51. The van der Waals surface area contributed by atoms with Gasteiger partial charge in [-0.3, -0.25) is 24.0 Å². The van der Waals surface area contributed by atoms with Crippen molar-refractivity contribution in [3.05, 3.63) is 143 Å². The molecule has 0 radical (unpaired) electrons. The molecule has 0 atom stereocenters. The molecule has 4 aromatic carbocycles. The molecule has 1 aliphatic rings. The Morgan fingerprint density at radius 1 is 0.512 bits per heavy atom. The molecule has 2 amide bonds. The summed E-state index contributed by atoms with van der Waals surface area (Å²) in [6, 6.07) is 30.4. The third kappa shape index (κ3) is 7.13. The highest BCUT2D eigenvalue weighted by molar-refractivity contribution is 6.10. The first kappa shape index (κ1) is 28.5. The Balaban J connectivity index is 0.000000201. The highest BCUT2D eigenvalue weighted by Crippen LogP contribution is 2.16. The maximum absolute atomic E-state index is 12.3. The quantitative estimate of drug-likeness (QED) is 0.229. The number of imide groups is 1. The highest BCUT2D eigenvalue weighted by atomic mass is 16.7. The molecular weight excluding hydrogens is 522 g/mol. The molecule has 5 rings (SSSR count). The second-order valence-electron chi connectivity index (χ2n) is 9.06. The molecule has 8 heteroatoms. The van der Waals surface area contributed by atoms with Gasteiger partial charge in [0.25, 0.3) is 11.8 Å². The number of carbonyl (C=O) groups is 6. The number of rotatable bonds is 7. The van der Waals surface area contributed by atoms with E-state index in [4.69, 9.17) is 4.84 Å². The van der Waals surface area contributed by atoms with E-state index < -0.39 is 17.8 Å². The van der Waals surface area contributed by atoms with E-state index in [0.29, 0.717) is 32.9 Å². The molecule has 0 bridgehead atoms. The van der Waals surface area contributed by atoms with Crippen LogP contribution in [0.5, 0.6) is 0 Å². The summed E-state index contributed by atoms with van der Waals surface area (Å²) in [5.74, 6) is -2.09. The van der Waals surface area contributed by atoms with Gasteiger partial charge in [-0.15, -0.1) is 5.06 Å². The fraction of sp³-hybridized carbons (Fsp3) is 0.0909. The zero-order valence-corrected chi connectivity index (χ0v) is 22.1. The number of amides is 2. The van der Waals surface area contributed by atoms with E-state index in [1.807, 2.05) is 24.3 Å². The van der Waals surface area contributed by atoms with Gasteiger partial charge in [-0.1, -0.05) is 97.1 Å². The Morgan fingerprint density at radius 2 is 0.854 bits per heavy atom. The number of carbonyl (C=O) groups excluding carboxylic acids is 6. The standard InChI is InChI=1S/C18H13NO5.C15H12O2/c20-15-10-11-16(21)19(15)24-18(23)14-8-6-13(7-9-14)17(22)12-4-2-1-3-5-12;1-11(16)12-7-9-14(10-8-12)15(17)13-5-3-2-4-6-13/h1-9H,10-11H2;2-10H,1H3. The number of nitrogens with zero attached hydrogens (tertiary/aromatic N) is 1.